The fourth-order valence-corrected chi connectivity index (χ4v) is 1.99. The van der Waals surface area contributed by atoms with Crippen LogP contribution in [-0.2, 0) is 16.1 Å². The Labute approximate surface area is 139 Å². The highest BCUT2D eigenvalue weighted by Gasteiger charge is 2.16. The number of carbonyl (C=O) groups is 2. The van der Waals surface area contributed by atoms with Crippen molar-refractivity contribution in [2.24, 2.45) is 5.73 Å². The summed E-state index contributed by atoms with van der Waals surface area (Å²) in [5.41, 5.74) is 5.60. The lowest BCUT2D eigenvalue weighted by Gasteiger charge is -2.17. The number of nitro groups is 1. The summed E-state index contributed by atoms with van der Waals surface area (Å²) in [5, 5.41) is 19.5. The number of nitrogens with two attached hydrogens (primary N) is 1. The zero-order valence-corrected chi connectivity index (χ0v) is 13.4. The molecule has 0 aromatic heterocycles. The van der Waals surface area contributed by atoms with E-state index in [-0.39, 0.29) is 12.3 Å². The lowest BCUT2D eigenvalue weighted by Crippen LogP contribution is -2.31. The van der Waals surface area contributed by atoms with E-state index in [0.717, 1.165) is 0 Å². The van der Waals surface area contributed by atoms with Gasteiger partial charge in [-0.2, -0.15) is 0 Å². The summed E-state index contributed by atoms with van der Waals surface area (Å²) in [6.07, 6.45) is 0.873. The topological polar surface area (TPSA) is 136 Å². The largest absolute Gasteiger partial charge is 0.480 e. The number of para-hydroxylation sites is 1. The van der Waals surface area contributed by atoms with Gasteiger partial charge in [0.15, 0.2) is 0 Å². The van der Waals surface area contributed by atoms with Crippen molar-refractivity contribution in [1.29, 1.82) is 0 Å². The number of hydrogen-bond acceptors (Lipinski definition) is 6. The van der Waals surface area contributed by atoms with E-state index < -0.39 is 23.0 Å². The average Bonchev–Trinajstić information content (AvgIpc) is 2.55. The van der Waals surface area contributed by atoms with Gasteiger partial charge in [0.1, 0.15) is 12.6 Å². The van der Waals surface area contributed by atoms with Crippen LogP contribution in [0.1, 0.15) is 24.8 Å². The number of nitrogens with zero attached hydrogens (tertiary/aromatic N) is 2. The highest BCUT2D eigenvalue weighted by atomic mass is 16.6. The molecule has 9 nitrogen and oxygen atoms in total. The number of amides is 1. The second-order valence-corrected chi connectivity index (χ2v) is 5.30. The van der Waals surface area contributed by atoms with Crippen LogP contribution in [0.15, 0.2) is 24.3 Å². The Balaban J connectivity index is 2.37. The Bertz CT molecular complexity index is 592. The highest BCUT2D eigenvalue weighted by Crippen LogP contribution is 2.18. The van der Waals surface area contributed by atoms with Gasteiger partial charge in [0.25, 0.3) is 5.69 Å². The molecule has 0 aliphatic rings. The summed E-state index contributed by atoms with van der Waals surface area (Å²) < 4.78 is 5.06. The number of ether oxygens (including phenoxy) is 1. The molecule has 1 amide bonds. The first kappa shape index (κ1) is 19.4. The van der Waals surface area contributed by atoms with Gasteiger partial charge >= 0.3 is 12.1 Å². The molecule has 1 aromatic carbocycles. The molecule has 132 valence electrons. The first-order valence-electron chi connectivity index (χ1n) is 7.41. The van der Waals surface area contributed by atoms with Crippen LogP contribution in [0.2, 0.25) is 0 Å². The van der Waals surface area contributed by atoms with Crippen molar-refractivity contribution in [1.82, 2.24) is 4.90 Å². The molecule has 1 rings (SSSR count). The molecule has 0 aliphatic carbocycles. The van der Waals surface area contributed by atoms with Crippen LogP contribution in [-0.4, -0.2) is 46.6 Å². The van der Waals surface area contributed by atoms with Crippen LogP contribution in [0.25, 0.3) is 0 Å². The Kier molecular flexibility index (Phi) is 7.63. The van der Waals surface area contributed by atoms with Gasteiger partial charge < -0.3 is 20.5 Å². The first-order chi connectivity index (χ1) is 11.3. The van der Waals surface area contributed by atoms with E-state index in [1.54, 1.807) is 13.1 Å². The molecular weight excluding hydrogens is 318 g/mol. The lowest BCUT2D eigenvalue weighted by molar-refractivity contribution is -0.385. The van der Waals surface area contributed by atoms with Crippen molar-refractivity contribution in [2.45, 2.75) is 31.9 Å². The molecule has 3 N–H and O–H groups in total. The second kappa shape index (κ2) is 9.46. The van der Waals surface area contributed by atoms with E-state index >= 15 is 0 Å². The molecule has 0 unspecified atom stereocenters. The monoisotopic (exact) mass is 339 g/mol. The zero-order chi connectivity index (χ0) is 18.1. The molecule has 1 aromatic rings. The van der Waals surface area contributed by atoms with E-state index in [2.05, 4.69) is 0 Å². The van der Waals surface area contributed by atoms with Crippen molar-refractivity contribution >= 4 is 17.7 Å². The van der Waals surface area contributed by atoms with Crippen molar-refractivity contribution in [3.05, 3.63) is 39.9 Å². The molecule has 0 heterocycles. The Morgan fingerprint density at radius 2 is 2.04 bits per heavy atom. The molecule has 0 radical (unpaired) electrons. The van der Waals surface area contributed by atoms with Crippen LogP contribution < -0.4 is 5.73 Å². The number of rotatable bonds is 9. The van der Waals surface area contributed by atoms with Crippen molar-refractivity contribution in [2.75, 3.05) is 13.6 Å². The number of aliphatic carboxylic acids is 1. The van der Waals surface area contributed by atoms with E-state index in [1.807, 2.05) is 0 Å². The number of carbonyl (C=O) groups excluding carboxylic acids is 1. The second-order valence-electron chi connectivity index (χ2n) is 5.30. The normalized spacial score (nSPS) is 11.6. The van der Waals surface area contributed by atoms with Crippen LogP contribution in [0.4, 0.5) is 10.5 Å². The van der Waals surface area contributed by atoms with Crippen LogP contribution >= 0.6 is 0 Å². The summed E-state index contributed by atoms with van der Waals surface area (Å²) in [6.45, 7) is 0.187. The van der Waals surface area contributed by atoms with Crippen LogP contribution in [0.3, 0.4) is 0 Å². The maximum atomic E-state index is 11.8. The number of unbranched alkanes of at least 4 members (excludes halogenated alkanes) is 1. The standard InChI is InChI=1S/C15H21N3O6/c1-17(9-5-4-7-12(16)14(19)20)15(21)24-10-11-6-2-3-8-13(11)18(22)23/h2-3,6,8,12H,4-5,7,9-10,16H2,1H3,(H,19,20)/t12-/m1/s1. The van der Waals surface area contributed by atoms with Crippen LogP contribution in [0, 0.1) is 10.1 Å². The summed E-state index contributed by atoms with van der Waals surface area (Å²) in [6, 6.07) is 5.14. The third-order valence-corrected chi connectivity index (χ3v) is 3.43. The fourth-order valence-electron chi connectivity index (χ4n) is 1.99. The zero-order valence-electron chi connectivity index (χ0n) is 13.4. The molecular formula is C15H21N3O6. The van der Waals surface area contributed by atoms with E-state index in [0.29, 0.717) is 31.4 Å². The number of benzene rings is 1. The SMILES string of the molecule is CN(CCCC[C@@H](N)C(=O)O)C(=O)OCc1ccccc1[N+](=O)[O-]. The fraction of sp³-hybridized carbons (Fsp3) is 0.467. The predicted molar refractivity (Wildman–Crippen MR) is 85.4 cm³/mol. The molecule has 0 saturated carbocycles. The van der Waals surface area contributed by atoms with Crippen molar-refractivity contribution in [3.8, 4) is 0 Å². The van der Waals surface area contributed by atoms with Gasteiger partial charge in [0.05, 0.1) is 10.5 Å². The highest BCUT2D eigenvalue weighted by molar-refractivity contribution is 5.72. The Morgan fingerprint density at radius 3 is 2.67 bits per heavy atom. The summed E-state index contributed by atoms with van der Waals surface area (Å²) in [5.74, 6) is -1.05. The molecule has 0 fully saturated rings. The predicted octanol–water partition coefficient (Wildman–Crippen LogP) is 1.75. The number of carboxylic acid groups (broad SMARTS) is 1. The molecule has 0 spiro atoms. The van der Waals surface area contributed by atoms with E-state index in [9.17, 15) is 19.7 Å². The van der Waals surface area contributed by atoms with Gasteiger partial charge in [-0.25, -0.2) is 4.79 Å². The number of hydrogen-bond donors (Lipinski definition) is 2. The average molecular weight is 339 g/mol. The first-order valence-corrected chi connectivity index (χ1v) is 7.41. The minimum atomic E-state index is -1.05. The van der Waals surface area contributed by atoms with E-state index in [4.69, 9.17) is 15.6 Å². The molecule has 1 atom stereocenters. The van der Waals surface area contributed by atoms with Crippen LogP contribution in [0.5, 0.6) is 0 Å². The van der Waals surface area contributed by atoms with Gasteiger partial charge in [-0.3, -0.25) is 14.9 Å². The Hall–Kier alpha value is -2.68. The molecule has 0 aliphatic heterocycles. The minimum absolute atomic E-state index is 0.101. The van der Waals surface area contributed by atoms with Crippen molar-refractivity contribution in [3.63, 3.8) is 0 Å². The number of nitro benzene ring substituents is 1. The summed E-state index contributed by atoms with van der Waals surface area (Å²) >= 11 is 0. The lowest BCUT2D eigenvalue weighted by atomic mass is 10.1. The third kappa shape index (κ3) is 6.21. The van der Waals surface area contributed by atoms with Gasteiger partial charge in [0.2, 0.25) is 0 Å². The van der Waals surface area contributed by atoms with Gasteiger partial charge in [0, 0.05) is 19.7 Å². The van der Waals surface area contributed by atoms with Crippen molar-refractivity contribution < 1.29 is 24.4 Å². The summed E-state index contributed by atoms with van der Waals surface area (Å²) in [7, 11) is 1.54. The maximum Gasteiger partial charge on any atom is 0.409 e. The van der Waals surface area contributed by atoms with E-state index in [1.165, 1.54) is 23.1 Å². The molecule has 0 bridgehead atoms. The molecule has 24 heavy (non-hydrogen) atoms. The Morgan fingerprint density at radius 1 is 1.38 bits per heavy atom. The summed E-state index contributed by atoms with van der Waals surface area (Å²) in [4.78, 5) is 34.1. The minimum Gasteiger partial charge on any atom is -0.480 e. The number of carboxylic acids is 1. The quantitative estimate of drug-likeness (QED) is 0.397. The smallest absolute Gasteiger partial charge is 0.409 e. The van der Waals surface area contributed by atoms with Gasteiger partial charge in [-0.05, 0) is 25.3 Å². The molecule has 0 saturated heterocycles. The third-order valence-electron chi connectivity index (χ3n) is 3.43. The molecule has 9 heteroatoms. The van der Waals surface area contributed by atoms with Gasteiger partial charge in [-0.15, -0.1) is 0 Å². The van der Waals surface area contributed by atoms with Gasteiger partial charge in [-0.1, -0.05) is 12.1 Å². The maximum absolute atomic E-state index is 11.8.